The Labute approximate surface area is 134 Å². The molecule has 0 bridgehead atoms. The number of hydrogen-bond donors (Lipinski definition) is 0. The molecule has 0 heterocycles. The number of ether oxygens (including phenoxy) is 1. The molecule has 22 heavy (non-hydrogen) atoms. The first kappa shape index (κ1) is 18.0. The zero-order valence-electron chi connectivity index (χ0n) is 13.4. The van der Waals surface area contributed by atoms with Crippen molar-refractivity contribution in [2.24, 2.45) is 0 Å². The second-order valence-corrected chi connectivity index (χ2v) is 5.26. The summed E-state index contributed by atoms with van der Waals surface area (Å²) in [6.45, 7) is 3.88. The van der Waals surface area contributed by atoms with Crippen LogP contribution in [-0.4, -0.2) is 12.6 Å². The van der Waals surface area contributed by atoms with Gasteiger partial charge in [-0.15, -0.1) is 0 Å². The van der Waals surface area contributed by atoms with Crippen LogP contribution in [0.2, 0.25) is 0 Å². The van der Waals surface area contributed by atoms with Gasteiger partial charge in [0.1, 0.15) is 0 Å². The molecule has 2 heteroatoms. The van der Waals surface area contributed by atoms with Crippen LogP contribution in [0.15, 0.2) is 43.0 Å². The summed E-state index contributed by atoms with van der Waals surface area (Å²) in [5, 5.41) is 0. The Balaban J connectivity index is 1.87. The summed E-state index contributed by atoms with van der Waals surface area (Å²) < 4.78 is 4.93. The van der Waals surface area contributed by atoms with Crippen LogP contribution in [0.3, 0.4) is 0 Å². The van der Waals surface area contributed by atoms with Crippen LogP contribution in [0.25, 0.3) is 0 Å². The molecule has 2 nitrogen and oxygen atoms in total. The number of hydrogen-bond acceptors (Lipinski definition) is 2. The Morgan fingerprint density at radius 2 is 1.64 bits per heavy atom. The van der Waals surface area contributed by atoms with Crippen LogP contribution in [0.4, 0.5) is 0 Å². The molecule has 0 aliphatic carbocycles. The largest absolute Gasteiger partial charge is 0.463 e. The number of carbonyl (C=O) groups is 1. The molecule has 1 aromatic rings. The Kier molecular flexibility index (Phi) is 10.4. The van der Waals surface area contributed by atoms with E-state index in [1.165, 1.54) is 38.2 Å². The molecule has 0 unspecified atom stereocenters. The third kappa shape index (κ3) is 9.83. The second-order valence-electron chi connectivity index (χ2n) is 5.26. The number of esters is 1. The number of carbonyl (C=O) groups excluding carboxylic acids is 1. The fraction of sp³-hybridized carbons (Fsp3) is 0.450. The first-order valence-electron chi connectivity index (χ1n) is 8.16. The van der Waals surface area contributed by atoms with Crippen LogP contribution in [0.5, 0.6) is 0 Å². The fourth-order valence-corrected chi connectivity index (χ4v) is 2.12. The summed E-state index contributed by atoms with van der Waals surface area (Å²) >= 11 is 0. The summed E-state index contributed by atoms with van der Waals surface area (Å²) in [4.78, 5) is 10.8. The summed E-state index contributed by atoms with van der Waals surface area (Å²) in [5.74, 6) is 6.09. The van der Waals surface area contributed by atoms with E-state index in [0.29, 0.717) is 6.61 Å². The molecule has 1 rings (SSSR count). The number of rotatable bonds is 10. The van der Waals surface area contributed by atoms with Gasteiger partial charge >= 0.3 is 5.97 Å². The Bertz CT molecular complexity index is 479. The van der Waals surface area contributed by atoms with E-state index in [4.69, 9.17) is 4.74 Å². The normalized spacial score (nSPS) is 9.64. The van der Waals surface area contributed by atoms with Gasteiger partial charge in [-0.05, 0) is 25.0 Å². The molecule has 0 aliphatic rings. The molecular formula is C20H26O2. The zero-order chi connectivity index (χ0) is 15.9. The average Bonchev–Trinajstić information content (AvgIpc) is 2.56. The molecule has 0 aromatic heterocycles. The first-order chi connectivity index (χ1) is 10.8. The van der Waals surface area contributed by atoms with Gasteiger partial charge in [-0.25, -0.2) is 4.79 Å². The lowest BCUT2D eigenvalue weighted by Crippen LogP contribution is -2.01. The molecule has 118 valence electrons. The van der Waals surface area contributed by atoms with Crippen LogP contribution >= 0.6 is 0 Å². The fourth-order valence-electron chi connectivity index (χ4n) is 2.12. The van der Waals surface area contributed by atoms with Crippen molar-refractivity contribution in [3.63, 3.8) is 0 Å². The lowest BCUT2D eigenvalue weighted by Gasteiger charge is -2.02. The molecule has 0 fully saturated rings. The van der Waals surface area contributed by atoms with Gasteiger partial charge in [0.05, 0.1) is 6.61 Å². The Morgan fingerprint density at radius 3 is 2.32 bits per heavy atom. The van der Waals surface area contributed by atoms with Crippen LogP contribution in [0.1, 0.15) is 56.9 Å². The maximum absolute atomic E-state index is 10.8. The minimum absolute atomic E-state index is 0.323. The van der Waals surface area contributed by atoms with E-state index < -0.39 is 0 Å². The second kappa shape index (κ2) is 12.7. The highest BCUT2D eigenvalue weighted by Gasteiger charge is 1.95. The van der Waals surface area contributed by atoms with E-state index in [-0.39, 0.29) is 5.97 Å². The van der Waals surface area contributed by atoms with Crippen molar-refractivity contribution < 1.29 is 9.53 Å². The predicted molar refractivity (Wildman–Crippen MR) is 91.4 cm³/mol. The quantitative estimate of drug-likeness (QED) is 0.266. The van der Waals surface area contributed by atoms with Crippen molar-refractivity contribution in [3.05, 3.63) is 48.6 Å². The molecule has 0 atom stereocenters. The Morgan fingerprint density at radius 1 is 1.00 bits per heavy atom. The zero-order valence-corrected chi connectivity index (χ0v) is 13.4. The molecule has 0 aliphatic heterocycles. The molecule has 0 N–H and O–H groups in total. The van der Waals surface area contributed by atoms with Gasteiger partial charge in [0, 0.05) is 18.1 Å². The van der Waals surface area contributed by atoms with Crippen molar-refractivity contribution in [2.45, 2.75) is 51.4 Å². The molecule has 0 radical (unpaired) electrons. The summed E-state index contributed by atoms with van der Waals surface area (Å²) in [7, 11) is 0. The van der Waals surface area contributed by atoms with Gasteiger partial charge in [0.2, 0.25) is 0 Å². The predicted octanol–water partition coefficient (Wildman–Crippen LogP) is 4.89. The smallest absolute Gasteiger partial charge is 0.330 e. The molecule has 0 amide bonds. The van der Waals surface area contributed by atoms with E-state index >= 15 is 0 Å². The third-order valence-electron chi connectivity index (χ3n) is 3.36. The minimum atomic E-state index is -0.323. The van der Waals surface area contributed by atoms with E-state index in [9.17, 15) is 4.79 Å². The highest BCUT2D eigenvalue weighted by molar-refractivity contribution is 5.81. The van der Waals surface area contributed by atoms with E-state index in [1.807, 2.05) is 30.3 Å². The highest BCUT2D eigenvalue weighted by Crippen LogP contribution is 2.08. The topological polar surface area (TPSA) is 26.3 Å². The highest BCUT2D eigenvalue weighted by atomic mass is 16.5. The average molecular weight is 298 g/mol. The van der Waals surface area contributed by atoms with Gasteiger partial charge in [0.25, 0.3) is 0 Å². The SMILES string of the molecule is C=CC(=O)OCCCCCCCCCC#Cc1ccccc1. The van der Waals surface area contributed by atoms with Gasteiger partial charge in [-0.2, -0.15) is 0 Å². The van der Waals surface area contributed by atoms with Gasteiger partial charge < -0.3 is 4.74 Å². The minimum Gasteiger partial charge on any atom is -0.463 e. The standard InChI is InChI=1S/C20H26O2/c1-2-20(21)22-18-14-9-7-5-3-4-6-8-11-15-19-16-12-10-13-17-19/h2,10,12-13,16-17H,1,3-9,14,18H2. The van der Waals surface area contributed by atoms with E-state index in [2.05, 4.69) is 18.4 Å². The summed E-state index contributed by atoms with van der Waals surface area (Å²) in [6, 6.07) is 10.1. The lowest BCUT2D eigenvalue weighted by molar-refractivity contribution is -0.137. The van der Waals surface area contributed by atoms with Crippen molar-refractivity contribution in [3.8, 4) is 11.8 Å². The Hall–Kier alpha value is -2.01. The van der Waals surface area contributed by atoms with Crippen molar-refractivity contribution in [1.82, 2.24) is 0 Å². The molecular weight excluding hydrogens is 272 g/mol. The van der Waals surface area contributed by atoms with Crippen molar-refractivity contribution in [1.29, 1.82) is 0 Å². The van der Waals surface area contributed by atoms with Crippen LogP contribution in [0, 0.1) is 11.8 Å². The van der Waals surface area contributed by atoms with Gasteiger partial charge in [-0.1, -0.05) is 68.7 Å². The van der Waals surface area contributed by atoms with Crippen molar-refractivity contribution >= 4 is 5.97 Å². The summed E-state index contributed by atoms with van der Waals surface area (Å²) in [5.41, 5.74) is 1.10. The molecule has 0 saturated heterocycles. The van der Waals surface area contributed by atoms with Gasteiger partial charge in [0.15, 0.2) is 0 Å². The number of unbranched alkanes of at least 4 members (excludes halogenated alkanes) is 7. The monoisotopic (exact) mass is 298 g/mol. The maximum Gasteiger partial charge on any atom is 0.330 e. The summed E-state index contributed by atoms with van der Waals surface area (Å²) in [6.07, 6.45) is 10.4. The number of benzene rings is 1. The van der Waals surface area contributed by atoms with E-state index in [0.717, 1.165) is 24.8 Å². The maximum atomic E-state index is 10.8. The third-order valence-corrected chi connectivity index (χ3v) is 3.36. The van der Waals surface area contributed by atoms with Crippen LogP contribution < -0.4 is 0 Å². The molecule has 1 aromatic carbocycles. The van der Waals surface area contributed by atoms with Crippen LogP contribution in [-0.2, 0) is 9.53 Å². The van der Waals surface area contributed by atoms with Crippen molar-refractivity contribution in [2.75, 3.05) is 6.61 Å². The molecule has 0 saturated carbocycles. The van der Waals surface area contributed by atoms with Gasteiger partial charge in [-0.3, -0.25) is 0 Å². The molecule has 0 spiro atoms. The lowest BCUT2D eigenvalue weighted by atomic mass is 10.1. The first-order valence-corrected chi connectivity index (χ1v) is 8.16. The van der Waals surface area contributed by atoms with E-state index in [1.54, 1.807) is 0 Å².